The predicted octanol–water partition coefficient (Wildman–Crippen LogP) is 2.89. The van der Waals surface area contributed by atoms with Gasteiger partial charge in [-0.3, -0.25) is 9.36 Å². The van der Waals surface area contributed by atoms with Crippen LogP contribution in [-0.2, 0) is 25.9 Å². The van der Waals surface area contributed by atoms with Gasteiger partial charge in [-0.25, -0.2) is 0 Å². The summed E-state index contributed by atoms with van der Waals surface area (Å²) in [5, 5.41) is 9.77. The monoisotopic (exact) mass is 309 g/mol. The van der Waals surface area contributed by atoms with Gasteiger partial charge in [0.15, 0.2) is 0 Å². The highest BCUT2D eigenvalue weighted by molar-refractivity contribution is 6.31. The standard InChI is InChI=1S/C15H24ClN5/c1-5-12-15(16)14(21(7-3)19-12)9-11(17)13-8-10(4)18-20(13)6-2/h8,11H,5-7,9,17H2,1-4H3. The lowest BCUT2D eigenvalue weighted by molar-refractivity contribution is 0.540. The first-order chi connectivity index (χ1) is 10.0. The van der Waals surface area contributed by atoms with Crippen LogP contribution in [0.25, 0.3) is 0 Å². The second-order valence-corrected chi connectivity index (χ2v) is 5.59. The third kappa shape index (κ3) is 3.14. The number of nitrogens with two attached hydrogens (primary N) is 1. The summed E-state index contributed by atoms with van der Waals surface area (Å²) < 4.78 is 3.92. The summed E-state index contributed by atoms with van der Waals surface area (Å²) in [5.74, 6) is 0. The zero-order chi connectivity index (χ0) is 15.6. The first kappa shape index (κ1) is 16.0. The molecular weight excluding hydrogens is 286 g/mol. The molecule has 0 amide bonds. The van der Waals surface area contributed by atoms with Crippen molar-refractivity contribution < 1.29 is 0 Å². The molecule has 2 heterocycles. The molecule has 1 atom stereocenters. The van der Waals surface area contributed by atoms with Gasteiger partial charge in [0.2, 0.25) is 0 Å². The van der Waals surface area contributed by atoms with Gasteiger partial charge in [-0.15, -0.1) is 0 Å². The number of rotatable bonds is 6. The van der Waals surface area contributed by atoms with Gasteiger partial charge in [-0.1, -0.05) is 18.5 Å². The highest BCUT2D eigenvalue weighted by Gasteiger charge is 2.20. The van der Waals surface area contributed by atoms with Crippen molar-refractivity contribution in [2.24, 2.45) is 5.73 Å². The van der Waals surface area contributed by atoms with E-state index in [1.54, 1.807) is 0 Å². The smallest absolute Gasteiger partial charge is 0.0850 e. The fourth-order valence-corrected chi connectivity index (χ4v) is 2.99. The zero-order valence-electron chi connectivity index (χ0n) is 13.2. The summed E-state index contributed by atoms with van der Waals surface area (Å²) in [6.45, 7) is 9.80. The van der Waals surface area contributed by atoms with E-state index in [2.05, 4.69) is 37.0 Å². The SMILES string of the molecule is CCc1nn(CC)c(CC(N)c2cc(C)nn2CC)c1Cl. The van der Waals surface area contributed by atoms with Crippen molar-refractivity contribution >= 4 is 11.6 Å². The number of hydrogen-bond acceptors (Lipinski definition) is 3. The maximum Gasteiger partial charge on any atom is 0.0850 e. The molecule has 0 aromatic carbocycles. The Morgan fingerprint density at radius 3 is 2.43 bits per heavy atom. The molecule has 2 aromatic heterocycles. The van der Waals surface area contributed by atoms with Crippen LogP contribution in [0.4, 0.5) is 0 Å². The maximum atomic E-state index is 6.46. The van der Waals surface area contributed by atoms with Crippen LogP contribution in [0.5, 0.6) is 0 Å². The lowest BCUT2D eigenvalue weighted by Crippen LogP contribution is -2.20. The van der Waals surface area contributed by atoms with Gasteiger partial charge in [0.25, 0.3) is 0 Å². The molecule has 5 nitrogen and oxygen atoms in total. The Morgan fingerprint density at radius 2 is 1.86 bits per heavy atom. The van der Waals surface area contributed by atoms with Gasteiger partial charge in [0.1, 0.15) is 0 Å². The summed E-state index contributed by atoms with van der Waals surface area (Å²) in [7, 11) is 0. The Balaban J connectivity index is 2.30. The summed E-state index contributed by atoms with van der Waals surface area (Å²) in [5.41, 5.74) is 10.4. The van der Waals surface area contributed by atoms with Gasteiger partial charge in [-0.05, 0) is 33.3 Å². The molecule has 21 heavy (non-hydrogen) atoms. The quantitative estimate of drug-likeness (QED) is 0.892. The van der Waals surface area contributed by atoms with Gasteiger partial charge in [0.05, 0.1) is 33.8 Å². The Bertz CT molecular complexity index is 614. The van der Waals surface area contributed by atoms with Crippen molar-refractivity contribution in [3.8, 4) is 0 Å². The molecule has 0 aliphatic carbocycles. The maximum absolute atomic E-state index is 6.46. The molecule has 0 aliphatic heterocycles. The molecule has 1 unspecified atom stereocenters. The Hall–Kier alpha value is -1.33. The van der Waals surface area contributed by atoms with Crippen molar-refractivity contribution in [1.29, 1.82) is 0 Å². The van der Waals surface area contributed by atoms with Gasteiger partial charge in [0, 0.05) is 19.5 Å². The van der Waals surface area contributed by atoms with E-state index >= 15 is 0 Å². The van der Waals surface area contributed by atoms with Gasteiger partial charge in [-0.2, -0.15) is 10.2 Å². The topological polar surface area (TPSA) is 61.7 Å². The molecule has 2 N–H and O–H groups in total. The van der Waals surface area contributed by atoms with E-state index in [4.69, 9.17) is 17.3 Å². The Morgan fingerprint density at radius 1 is 1.19 bits per heavy atom. The third-order valence-corrected chi connectivity index (χ3v) is 4.16. The minimum Gasteiger partial charge on any atom is -0.322 e. The van der Waals surface area contributed by atoms with Crippen LogP contribution < -0.4 is 5.73 Å². The van der Waals surface area contributed by atoms with Crippen LogP contribution in [0.15, 0.2) is 6.07 Å². The van der Waals surface area contributed by atoms with Gasteiger partial charge < -0.3 is 5.73 Å². The molecule has 0 saturated heterocycles. The van der Waals surface area contributed by atoms with Crippen molar-refractivity contribution in [2.75, 3.05) is 0 Å². The van der Waals surface area contributed by atoms with Gasteiger partial charge >= 0.3 is 0 Å². The van der Waals surface area contributed by atoms with Crippen LogP contribution in [0, 0.1) is 6.92 Å². The predicted molar refractivity (Wildman–Crippen MR) is 85.6 cm³/mol. The van der Waals surface area contributed by atoms with E-state index in [0.717, 1.165) is 47.3 Å². The molecular formula is C15H24ClN5. The van der Waals surface area contributed by atoms with Crippen LogP contribution in [0.2, 0.25) is 5.02 Å². The molecule has 0 spiro atoms. The number of aryl methyl sites for hydroxylation is 4. The molecule has 0 radical (unpaired) electrons. The first-order valence-corrected chi connectivity index (χ1v) is 7.93. The summed E-state index contributed by atoms with van der Waals surface area (Å²) in [4.78, 5) is 0. The van der Waals surface area contributed by atoms with Crippen molar-refractivity contribution in [3.63, 3.8) is 0 Å². The second kappa shape index (κ2) is 6.62. The largest absolute Gasteiger partial charge is 0.322 e. The number of halogens is 1. The van der Waals surface area contributed by atoms with E-state index in [1.165, 1.54) is 0 Å². The molecule has 0 aliphatic rings. The minimum absolute atomic E-state index is 0.129. The fraction of sp³-hybridized carbons (Fsp3) is 0.600. The highest BCUT2D eigenvalue weighted by atomic mass is 35.5. The van der Waals surface area contributed by atoms with Crippen molar-refractivity contribution in [3.05, 3.63) is 33.9 Å². The summed E-state index contributed by atoms with van der Waals surface area (Å²) in [6, 6.07) is 1.92. The third-order valence-electron chi connectivity index (χ3n) is 3.72. The summed E-state index contributed by atoms with van der Waals surface area (Å²) in [6.07, 6.45) is 1.50. The number of hydrogen-bond donors (Lipinski definition) is 1. The van der Waals surface area contributed by atoms with E-state index in [0.29, 0.717) is 6.42 Å². The minimum atomic E-state index is -0.129. The highest BCUT2D eigenvalue weighted by Crippen LogP contribution is 2.26. The fourth-order valence-electron chi connectivity index (χ4n) is 2.64. The molecule has 0 fully saturated rings. The lowest BCUT2D eigenvalue weighted by atomic mass is 10.1. The lowest BCUT2D eigenvalue weighted by Gasteiger charge is -2.14. The molecule has 0 saturated carbocycles. The Kier molecular flexibility index (Phi) is 5.06. The average Bonchev–Trinajstić information content (AvgIpc) is 3.00. The number of nitrogens with zero attached hydrogens (tertiary/aromatic N) is 4. The summed E-state index contributed by atoms with van der Waals surface area (Å²) >= 11 is 6.46. The van der Waals surface area contributed by atoms with Crippen LogP contribution >= 0.6 is 11.6 Å². The van der Waals surface area contributed by atoms with E-state index < -0.39 is 0 Å². The van der Waals surface area contributed by atoms with Crippen LogP contribution in [0.1, 0.15) is 49.6 Å². The second-order valence-electron chi connectivity index (χ2n) is 5.21. The van der Waals surface area contributed by atoms with E-state index in [-0.39, 0.29) is 6.04 Å². The average molecular weight is 310 g/mol. The van der Waals surface area contributed by atoms with E-state index in [9.17, 15) is 0 Å². The molecule has 2 rings (SSSR count). The molecule has 2 aromatic rings. The molecule has 0 bridgehead atoms. The normalized spacial score (nSPS) is 12.9. The van der Waals surface area contributed by atoms with Crippen LogP contribution in [-0.4, -0.2) is 19.6 Å². The van der Waals surface area contributed by atoms with Crippen molar-refractivity contribution in [2.45, 2.75) is 59.7 Å². The first-order valence-electron chi connectivity index (χ1n) is 7.55. The van der Waals surface area contributed by atoms with Crippen molar-refractivity contribution in [1.82, 2.24) is 19.6 Å². The Labute approximate surface area is 131 Å². The van der Waals surface area contributed by atoms with Crippen LogP contribution in [0.3, 0.4) is 0 Å². The van der Waals surface area contributed by atoms with E-state index in [1.807, 2.05) is 16.3 Å². The number of aromatic nitrogens is 4. The molecule has 6 heteroatoms. The molecule has 116 valence electrons. The zero-order valence-corrected chi connectivity index (χ0v) is 14.0.